The lowest BCUT2D eigenvalue weighted by Gasteiger charge is -2.01. The number of halogens is 2. The van der Waals surface area contributed by atoms with Gasteiger partial charge in [0.25, 0.3) is 0 Å². The second-order valence-corrected chi connectivity index (χ2v) is 3.32. The molecule has 1 radical (unpaired) electrons. The van der Waals surface area contributed by atoms with Gasteiger partial charge in [-0.25, -0.2) is 4.39 Å². The van der Waals surface area contributed by atoms with E-state index in [0.717, 1.165) is 11.1 Å². The normalized spacial score (nSPS) is 10.1. The molecule has 2 aromatic rings. The predicted molar refractivity (Wildman–Crippen MR) is 55.7 cm³/mol. The third-order valence-corrected chi connectivity index (χ3v) is 2.26. The minimum atomic E-state index is -0.391. The first-order chi connectivity index (χ1) is 6.77. The number of benzene rings is 2. The fourth-order valence-corrected chi connectivity index (χ4v) is 1.44. The van der Waals surface area contributed by atoms with Gasteiger partial charge in [0.1, 0.15) is 5.82 Å². The minimum absolute atomic E-state index is 0.148. The fraction of sp³-hybridized carbons (Fsp3) is 0. The highest BCUT2D eigenvalue weighted by atomic mass is 35.5. The Bertz CT molecular complexity index is 437. The van der Waals surface area contributed by atoms with Crippen LogP contribution in [0.1, 0.15) is 0 Å². The summed E-state index contributed by atoms with van der Waals surface area (Å²) in [5.74, 6) is -0.391. The van der Waals surface area contributed by atoms with Crippen molar-refractivity contribution in [3.05, 3.63) is 59.4 Å². The Kier molecular flexibility index (Phi) is 2.51. The zero-order valence-electron chi connectivity index (χ0n) is 7.30. The van der Waals surface area contributed by atoms with Gasteiger partial charge in [-0.1, -0.05) is 41.9 Å². The van der Waals surface area contributed by atoms with Crippen LogP contribution in [0.2, 0.25) is 5.02 Å². The monoisotopic (exact) mass is 205 g/mol. The van der Waals surface area contributed by atoms with E-state index in [1.54, 1.807) is 12.1 Å². The molecular weight excluding hydrogens is 199 g/mol. The Morgan fingerprint density at radius 2 is 1.71 bits per heavy atom. The molecule has 0 aliphatic rings. The smallest absolute Gasteiger partial charge is 0.141 e. The molecule has 0 amide bonds. The van der Waals surface area contributed by atoms with E-state index >= 15 is 0 Å². The first kappa shape index (κ1) is 9.22. The summed E-state index contributed by atoms with van der Waals surface area (Å²) in [7, 11) is 0. The van der Waals surface area contributed by atoms with Crippen molar-refractivity contribution < 1.29 is 4.39 Å². The van der Waals surface area contributed by atoms with Crippen molar-refractivity contribution in [2.24, 2.45) is 0 Å². The lowest BCUT2D eigenvalue weighted by Crippen LogP contribution is -1.80. The molecule has 14 heavy (non-hydrogen) atoms. The van der Waals surface area contributed by atoms with E-state index in [2.05, 4.69) is 6.07 Å². The average Bonchev–Trinajstić information content (AvgIpc) is 2.23. The Hall–Kier alpha value is -1.34. The maximum atomic E-state index is 12.9. The van der Waals surface area contributed by atoms with E-state index in [9.17, 15) is 4.39 Å². The van der Waals surface area contributed by atoms with E-state index in [1.165, 1.54) is 6.07 Å². The lowest BCUT2D eigenvalue weighted by atomic mass is 10.1. The van der Waals surface area contributed by atoms with Crippen LogP contribution in [0.5, 0.6) is 0 Å². The first-order valence-electron chi connectivity index (χ1n) is 4.19. The van der Waals surface area contributed by atoms with Gasteiger partial charge in [0.15, 0.2) is 0 Å². The summed E-state index contributed by atoms with van der Waals surface area (Å²) in [5.41, 5.74) is 1.91. The van der Waals surface area contributed by atoms with Gasteiger partial charge < -0.3 is 0 Å². The van der Waals surface area contributed by atoms with Gasteiger partial charge in [-0.05, 0) is 29.3 Å². The number of hydrogen-bond donors (Lipinski definition) is 0. The summed E-state index contributed by atoms with van der Waals surface area (Å²) in [6.07, 6.45) is 0. The summed E-state index contributed by atoms with van der Waals surface area (Å²) in [5, 5.41) is 0.148. The molecule has 0 atom stereocenters. The molecule has 0 saturated heterocycles. The van der Waals surface area contributed by atoms with Crippen molar-refractivity contribution in [1.29, 1.82) is 0 Å². The third-order valence-electron chi connectivity index (χ3n) is 1.97. The van der Waals surface area contributed by atoms with Crippen molar-refractivity contribution in [3.8, 4) is 11.1 Å². The molecule has 2 heteroatoms. The zero-order valence-corrected chi connectivity index (χ0v) is 8.05. The van der Waals surface area contributed by atoms with Gasteiger partial charge in [0.2, 0.25) is 0 Å². The zero-order chi connectivity index (χ0) is 9.97. The predicted octanol–water partition coefficient (Wildman–Crippen LogP) is 3.95. The van der Waals surface area contributed by atoms with Gasteiger partial charge in [-0.15, -0.1) is 0 Å². The van der Waals surface area contributed by atoms with Gasteiger partial charge in [-0.2, -0.15) is 0 Å². The molecule has 0 spiro atoms. The topological polar surface area (TPSA) is 0 Å². The number of rotatable bonds is 1. The van der Waals surface area contributed by atoms with E-state index in [1.807, 2.05) is 24.3 Å². The first-order valence-corrected chi connectivity index (χ1v) is 4.57. The van der Waals surface area contributed by atoms with E-state index < -0.39 is 5.82 Å². The molecule has 0 aliphatic carbocycles. The lowest BCUT2D eigenvalue weighted by molar-refractivity contribution is 0.628. The second-order valence-electron chi connectivity index (χ2n) is 2.92. The molecular formula is C12H7ClF. The van der Waals surface area contributed by atoms with Crippen molar-refractivity contribution in [2.45, 2.75) is 0 Å². The Balaban J connectivity index is 2.48. The van der Waals surface area contributed by atoms with E-state index in [-0.39, 0.29) is 5.02 Å². The average molecular weight is 206 g/mol. The third kappa shape index (κ3) is 1.78. The highest BCUT2D eigenvalue weighted by Crippen LogP contribution is 2.24. The molecule has 0 unspecified atom stereocenters. The van der Waals surface area contributed by atoms with Gasteiger partial charge in [-0.3, -0.25) is 0 Å². The summed E-state index contributed by atoms with van der Waals surface area (Å²) in [6, 6.07) is 15.0. The van der Waals surface area contributed by atoms with Crippen LogP contribution < -0.4 is 0 Å². The summed E-state index contributed by atoms with van der Waals surface area (Å²) < 4.78 is 12.9. The van der Waals surface area contributed by atoms with Crippen LogP contribution in [0.15, 0.2) is 42.5 Å². The van der Waals surface area contributed by atoms with Gasteiger partial charge in [0.05, 0.1) is 5.02 Å². The van der Waals surface area contributed by atoms with Crippen LogP contribution in [-0.4, -0.2) is 0 Å². The summed E-state index contributed by atoms with van der Waals surface area (Å²) in [4.78, 5) is 0. The molecule has 0 nitrogen and oxygen atoms in total. The van der Waals surface area contributed by atoms with Crippen LogP contribution >= 0.6 is 11.6 Å². The Labute approximate surface area is 87.0 Å². The van der Waals surface area contributed by atoms with Crippen LogP contribution in [0, 0.1) is 11.9 Å². The molecule has 0 saturated carbocycles. The molecule has 69 valence electrons. The highest BCUT2D eigenvalue weighted by Gasteiger charge is 2.01. The van der Waals surface area contributed by atoms with Crippen LogP contribution in [0.3, 0.4) is 0 Å². The van der Waals surface area contributed by atoms with Crippen LogP contribution in [0.25, 0.3) is 11.1 Å². The molecule has 0 heterocycles. The van der Waals surface area contributed by atoms with Crippen molar-refractivity contribution in [3.63, 3.8) is 0 Å². The molecule has 0 aromatic heterocycles. The van der Waals surface area contributed by atoms with Crippen LogP contribution in [0.4, 0.5) is 4.39 Å². The molecule has 2 rings (SSSR count). The van der Waals surface area contributed by atoms with Gasteiger partial charge in [0, 0.05) is 0 Å². The minimum Gasteiger partial charge on any atom is -0.205 e. The molecule has 0 N–H and O–H groups in total. The molecule has 2 aromatic carbocycles. The molecule has 0 fully saturated rings. The molecule has 0 aliphatic heterocycles. The molecule has 0 bridgehead atoms. The SMILES string of the molecule is Fc1ccc(-c2cc[c]cc2)cc1Cl. The summed E-state index contributed by atoms with van der Waals surface area (Å²) in [6.45, 7) is 0. The Morgan fingerprint density at radius 3 is 2.36 bits per heavy atom. The largest absolute Gasteiger partial charge is 0.205 e. The number of hydrogen-bond acceptors (Lipinski definition) is 0. The quantitative estimate of drug-likeness (QED) is 0.662. The second kappa shape index (κ2) is 3.81. The fourth-order valence-electron chi connectivity index (χ4n) is 1.26. The van der Waals surface area contributed by atoms with E-state index in [4.69, 9.17) is 11.6 Å². The highest BCUT2D eigenvalue weighted by molar-refractivity contribution is 6.31. The maximum Gasteiger partial charge on any atom is 0.141 e. The van der Waals surface area contributed by atoms with Crippen LogP contribution in [-0.2, 0) is 0 Å². The standard InChI is InChI=1S/C12H7ClF/c13-11-8-10(6-7-12(11)14)9-4-2-1-3-5-9/h2-8H. The maximum absolute atomic E-state index is 12.9. The Morgan fingerprint density at radius 1 is 1.00 bits per heavy atom. The summed E-state index contributed by atoms with van der Waals surface area (Å²) >= 11 is 5.68. The van der Waals surface area contributed by atoms with Crippen molar-refractivity contribution in [2.75, 3.05) is 0 Å². The van der Waals surface area contributed by atoms with Gasteiger partial charge >= 0.3 is 0 Å². The van der Waals surface area contributed by atoms with Crippen molar-refractivity contribution >= 4 is 11.6 Å². The van der Waals surface area contributed by atoms with Crippen molar-refractivity contribution in [1.82, 2.24) is 0 Å². The van der Waals surface area contributed by atoms with E-state index in [0.29, 0.717) is 0 Å².